The van der Waals surface area contributed by atoms with Gasteiger partial charge >= 0.3 is 5.97 Å². The Morgan fingerprint density at radius 2 is 2.12 bits per heavy atom. The maximum Gasteiger partial charge on any atom is 0.344 e. The first kappa shape index (κ1) is 16.0. The third-order valence-electron chi connectivity index (χ3n) is 3.71. The first-order chi connectivity index (χ1) is 11.6. The number of rotatable bonds is 5. The van der Waals surface area contributed by atoms with Gasteiger partial charge in [0.2, 0.25) is 0 Å². The molecule has 0 saturated heterocycles. The molecule has 0 aliphatic carbocycles. The Balaban J connectivity index is 1.50. The fourth-order valence-corrected chi connectivity index (χ4v) is 2.60. The van der Waals surface area contributed by atoms with Gasteiger partial charge < -0.3 is 18.9 Å². The Morgan fingerprint density at radius 1 is 1.29 bits per heavy atom. The van der Waals surface area contributed by atoms with E-state index in [1.165, 1.54) is 0 Å². The number of ether oxygens (including phenoxy) is 2. The molecule has 1 aromatic heterocycles. The average Bonchev–Trinajstić information content (AvgIpc) is 3.02. The van der Waals surface area contributed by atoms with E-state index < -0.39 is 5.97 Å². The number of esters is 1. The molecule has 126 valence electrons. The first-order valence-electron chi connectivity index (χ1n) is 7.73. The summed E-state index contributed by atoms with van der Waals surface area (Å²) in [5.74, 6) is -0.0832. The molecule has 2 aromatic rings. The summed E-state index contributed by atoms with van der Waals surface area (Å²) in [7, 11) is 0. The van der Waals surface area contributed by atoms with Crippen molar-refractivity contribution < 1.29 is 23.6 Å². The molecule has 24 heavy (non-hydrogen) atoms. The van der Waals surface area contributed by atoms with E-state index in [0.717, 1.165) is 24.1 Å². The van der Waals surface area contributed by atoms with Gasteiger partial charge in [0, 0.05) is 18.3 Å². The van der Waals surface area contributed by atoms with Gasteiger partial charge in [0.25, 0.3) is 11.8 Å². The number of para-hydroxylation sites is 1. The Hall–Kier alpha value is -2.83. The molecular formula is C17H18N2O5. The lowest BCUT2D eigenvalue weighted by atomic mass is 10.0. The summed E-state index contributed by atoms with van der Waals surface area (Å²) in [6.45, 7) is 1.71. The molecule has 2 heterocycles. The number of aromatic nitrogens is 1. The Morgan fingerprint density at radius 3 is 2.92 bits per heavy atom. The van der Waals surface area contributed by atoms with Crippen molar-refractivity contribution >= 4 is 17.6 Å². The highest BCUT2D eigenvalue weighted by atomic mass is 16.6. The van der Waals surface area contributed by atoms with Gasteiger partial charge in [0.15, 0.2) is 13.2 Å². The van der Waals surface area contributed by atoms with E-state index in [0.29, 0.717) is 12.3 Å². The van der Waals surface area contributed by atoms with Gasteiger partial charge in [-0.2, -0.15) is 0 Å². The molecule has 0 atom stereocenters. The van der Waals surface area contributed by atoms with Crippen molar-refractivity contribution in [1.82, 2.24) is 5.16 Å². The van der Waals surface area contributed by atoms with Gasteiger partial charge in [-0.3, -0.25) is 4.79 Å². The SMILES string of the molecule is Cc1cc(OCC(=O)OCC(=O)N2CCCc3ccccc32)no1. The minimum absolute atomic E-state index is 0.209. The number of hydrogen-bond acceptors (Lipinski definition) is 6. The normalized spacial score (nSPS) is 13.3. The molecule has 0 saturated carbocycles. The van der Waals surface area contributed by atoms with Gasteiger partial charge in [-0.05, 0) is 36.6 Å². The summed E-state index contributed by atoms with van der Waals surface area (Å²) < 4.78 is 14.9. The van der Waals surface area contributed by atoms with Crippen molar-refractivity contribution in [2.24, 2.45) is 0 Å². The zero-order chi connectivity index (χ0) is 16.9. The third-order valence-corrected chi connectivity index (χ3v) is 3.71. The first-order valence-corrected chi connectivity index (χ1v) is 7.73. The fourth-order valence-electron chi connectivity index (χ4n) is 2.60. The number of carbonyl (C=O) groups excluding carboxylic acids is 2. The van der Waals surface area contributed by atoms with E-state index >= 15 is 0 Å². The summed E-state index contributed by atoms with van der Waals surface area (Å²) in [5.41, 5.74) is 2.02. The number of amides is 1. The fraction of sp³-hybridized carbons (Fsp3) is 0.353. The zero-order valence-corrected chi connectivity index (χ0v) is 13.4. The van der Waals surface area contributed by atoms with Gasteiger partial charge in [-0.1, -0.05) is 18.2 Å². The predicted molar refractivity (Wildman–Crippen MR) is 84.8 cm³/mol. The van der Waals surface area contributed by atoms with Gasteiger partial charge in [-0.15, -0.1) is 0 Å². The largest absolute Gasteiger partial charge is 0.463 e. The second kappa shape index (κ2) is 7.16. The molecule has 0 N–H and O–H groups in total. The van der Waals surface area contributed by atoms with Crippen LogP contribution in [-0.2, 0) is 20.7 Å². The van der Waals surface area contributed by atoms with Crippen LogP contribution in [0.4, 0.5) is 5.69 Å². The molecule has 0 unspecified atom stereocenters. The second-order valence-corrected chi connectivity index (χ2v) is 5.50. The summed E-state index contributed by atoms with van der Waals surface area (Å²) in [5, 5.41) is 3.60. The van der Waals surface area contributed by atoms with Crippen molar-refractivity contribution in [1.29, 1.82) is 0 Å². The van der Waals surface area contributed by atoms with Crippen molar-refractivity contribution in [3.63, 3.8) is 0 Å². The molecule has 7 nitrogen and oxygen atoms in total. The Kier molecular flexibility index (Phi) is 4.79. The monoisotopic (exact) mass is 330 g/mol. The minimum Gasteiger partial charge on any atom is -0.463 e. The van der Waals surface area contributed by atoms with Gasteiger partial charge in [-0.25, -0.2) is 4.79 Å². The van der Waals surface area contributed by atoms with E-state index in [-0.39, 0.29) is 25.0 Å². The third kappa shape index (κ3) is 3.73. The molecule has 0 fully saturated rings. The molecule has 0 bridgehead atoms. The summed E-state index contributed by atoms with van der Waals surface area (Å²) in [6, 6.07) is 9.32. The molecule has 1 amide bonds. The lowest BCUT2D eigenvalue weighted by molar-refractivity contribution is -0.149. The molecule has 1 aliphatic rings. The highest BCUT2D eigenvalue weighted by Gasteiger charge is 2.23. The van der Waals surface area contributed by atoms with Crippen molar-refractivity contribution in [2.45, 2.75) is 19.8 Å². The lowest BCUT2D eigenvalue weighted by Gasteiger charge is -2.29. The van der Waals surface area contributed by atoms with Crippen LogP contribution in [0, 0.1) is 6.92 Å². The number of anilines is 1. The van der Waals surface area contributed by atoms with E-state index in [2.05, 4.69) is 5.16 Å². The predicted octanol–water partition coefficient (Wildman–Crippen LogP) is 1.88. The van der Waals surface area contributed by atoms with Crippen molar-refractivity contribution in [3.05, 3.63) is 41.7 Å². The number of benzene rings is 1. The van der Waals surface area contributed by atoms with Crippen LogP contribution in [-0.4, -0.2) is 36.8 Å². The van der Waals surface area contributed by atoms with Gasteiger partial charge in [0.05, 0.1) is 0 Å². The molecular weight excluding hydrogens is 312 g/mol. The van der Waals surface area contributed by atoms with Crippen LogP contribution in [0.25, 0.3) is 0 Å². The topological polar surface area (TPSA) is 81.9 Å². The number of fused-ring (bicyclic) bond motifs is 1. The minimum atomic E-state index is -0.630. The smallest absolute Gasteiger partial charge is 0.344 e. The summed E-state index contributed by atoms with van der Waals surface area (Å²) >= 11 is 0. The highest BCUT2D eigenvalue weighted by Crippen LogP contribution is 2.26. The van der Waals surface area contributed by atoms with Crippen LogP contribution in [0.3, 0.4) is 0 Å². The van der Waals surface area contributed by atoms with E-state index in [1.54, 1.807) is 17.9 Å². The molecule has 7 heteroatoms. The molecule has 0 spiro atoms. The Bertz CT molecular complexity index is 740. The Labute approximate surface area is 139 Å². The summed E-state index contributed by atoms with van der Waals surface area (Å²) in [4.78, 5) is 25.7. The quantitative estimate of drug-likeness (QED) is 0.779. The van der Waals surface area contributed by atoms with E-state index in [4.69, 9.17) is 14.0 Å². The standard InChI is InChI=1S/C17H18N2O5/c1-12-9-15(18-24-12)22-11-17(21)23-10-16(20)19-8-4-6-13-5-2-3-7-14(13)19/h2-3,5,7,9H,4,6,8,10-11H2,1H3. The maximum absolute atomic E-state index is 12.3. The second-order valence-electron chi connectivity index (χ2n) is 5.50. The molecule has 1 aliphatic heterocycles. The highest BCUT2D eigenvalue weighted by molar-refractivity contribution is 5.96. The zero-order valence-electron chi connectivity index (χ0n) is 13.4. The average molecular weight is 330 g/mol. The summed E-state index contributed by atoms with van der Waals surface area (Å²) in [6.07, 6.45) is 1.84. The van der Waals surface area contributed by atoms with Crippen LogP contribution in [0.15, 0.2) is 34.9 Å². The van der Waals surface area contributed by atoms with Crippen LogP contribution in [0.5, 0.6) is 5.88 Å². The van der Waals surface area contributed by atoms with Crippen molar-refractivity contribution in [2.75, 3.05) is 24.7 Å². The van der Waals surface area contributed by atoms with Crippen LogP contribution in [0.1, 0.15) is 17.7 Å². The van der Waals surface area contributed by atoms with Crippen LogP contribution >= 0.6 is 0 Å². The van der Waals surface area contributed by atoms with Crippen molar-refractivity contribution in [3.8, 4) is 5.88 Å². The maximum atomic E-state index is 12.3. The van der Waals surface area contributed by atoms with Gasteiger partial charge in [0.1, 0.15) is 5.76 Å². The van der Waals surface area contributed by atoms with E-state index in [9.17, 15) is 9.59 Å². The van der Waals surface area contributed by atoms with Crippen LogP contribution in [0.2, 0.25) is 0 Å². The van der Waals surface area contributed by atoms with E-state index in [1.807, 2.05) is 24.3 Å². The number of hydrogen-bond donors (Lipinski definition) is 0. The number of aryl methyl sites for hydroxylation is 2. The molecule has 0 radical (unpaired) electrons. The molecule has 3 rings (SSSR count). The van der Waals surface area contributed by atoms with Crippen LogP contribution < -0.4 is 9.64 Å². The number of carbonyl (C=O) groups is 2. The number of nitrogens with zero attached hydrogens (tertiary/aromatic N) is 2. The lowest BCUT2D eigenvalue weighted by Crippen LogP contribution is -2.38. The molecule has 1 aromatic carbocycles.